The maximum absolute atomic E-state index is 10.6. The molecule has 0 bridgehead atoms. The van der Waals surface area contributed by atoms with Gasteiger partial charge in [0.1, 0.15) is 0 Å². The molecule has 1 aliphatic rings. The van der Waals surface area contributed by atoms with E-state index in [2.05, 4.69) is 5.32 Å². The minimum atomic E-state index is -3.88. The number of nitrogens with zero attached hydrogens (tertiary/aromatic N) is 1. The maximum atomic E-state index is 10.6. The molecule has 7 heteroatoms. The predicted octanol–water partition coefficient (Wildman–Crippen LogP) is -1.47. The summed E-state index contributed by atoms with van der Waals surface area (Å²) in [5.41, 5.74) is 0. The maximum Gasteiger partial charge on any atom is 0.264 e. The van der Waals surface area contributed by atoms with E-state index in [0.717, 1.165) is 13.1 Å². The van der Waals surface area contributed by atoms with Crippen LogP contribution >= 0.6 is 0 Å². The van der Waals surface area contributed by atoms with Crippen LogP contribution < -0.4 is 5.32 Å². The van der Waals surface area contributed by atoms with Gasteiger partial charge in [-0.1, -0.05) is 0 Å². The average molecular weight is 238 g/mol. The second-order valence-corrected chi connectivity index (χ2v) is 5.26. The SMILES string of the molecule is O=S(=O)(O)CCC1CNCCN1CCO. The van der Waals surface area contributed by atoms with Crippen LogP contribution in [0.4, 0.5) is 0 Å². The van der Waals surface area contributed by atoms with Gasteiger partial charge >= 0.3 is 0 Å². The lowest BCUT2D eigenvalue weighted by Gasteiger charge is -2.35. The molecule has 1 unspecified atom stereocenters. The number of aliphatic hydroxyl groups excluding tert-OH is 1. The van der Waals surface area contributed by atoms with Crippen molar-refractivity contribution in [2.24, 2.45) is 0 Å². The molecule has 0 aromatic carbocycles. The number of β-amino-alcohol motifs (C(OH)–C–C–N with tert-alkyl or cyclic N) is 1. The van der Waals surface area contributed by atoms with Crippen LogP contribution in [0, 0.1) is 0 Å². The fraction of sp³-hybridized carbons (Fsp3) is 1.00. The van der Waals surface area contributed by atoms with Crippen LogP contribution in [0.1, 0.15) is 6.42 Å². The molecule has 0 aliphatic carbocycles. The third-order valence-corrected chi connectivity index (χ3v) is 3.32. The number of hydrogen-bond acceptors (Lipinski definition) is 5. The Balaban J connectivity index is 2.42. The van der Waals surface area contributed by atoms with Gasteiger partial charge in [-0.05, 0) is 6.42 Å². The monoisotopic (exact) mass is 238 g/mol. The lowest BCUT2D eigenvalue weighted by molar-refractivity contribution is 0.124. The Morgan fingerprint density at radius 1 is 1.47 bits per heavy atom. The van der Waals surface area contributed by atoms with Gasteiger partial charge in [0.15, 0.2) is 0 Å². The summed E-state index contributed by atoms with van der Waals surface area (Å²) >= 11 is 0. The smallest absolute Gasteiger partial charge is 0.264 e. The normalized spacial score (nSPS) is 24.3. The van der Waals surface area contributed by atoms with Crippen molar-refractivity contribution in [1.82, 2.24) is 10.2 Å². The zero-order valence-electron chi connectivity index (χ0n) is 8.59. The highest BCUT2D eigenvalue weighted by Gasteiger charge is 2.22. The highest BCUT2D eigenvalue weighted by Crippen LogP contribution is 2.07. The van der Waals surface area contributed by atoms with Crippen LogP contribution in [0.5, 0.6) is 0 Å². The van der Waals surface area contributed by atoms with Crippen LogP contribution in [0.15, 0.2) is 0 Å². The third-order valence-electron chi connectivity index (χ3n) is 2.57. The molecule has 1 atom stereocenters. The largest absolute Gasteiger partial charge is 0.395 e. The fourth-order valence-electron chi connectivity index (χ4n) is 1.80. The van der Waals surface area contributed by atoms with Crippen LogP contribution in [0.25, 0.3) is 0 Å². The van der Waals surface area contributed by atoms with Crippen LogP contribution in [-0.2, 0) is 10.1 Å². The van der Waals surface area contributed by atoms with Crippen molar-refractivity contribution in [2.45, 2.75) is 12.5 Å². The molecule has 90 valence electrons. The molecule has 1 aliphatic heterocycles. The van der Waals surface area contributed by atoms with Gasteiger partial charge in [-0.25, -0.2) is 0 Å². The van der Waals surface area contributed by atoms with Gasteiger partial charge < -0.3 is 10.4 Å². The van der Waals surface area contributed by atoms with Crippen molar-refractivity contribution in [3.05, 3.63) is 0 Å². The molecule has 0 spiro atoms. The Bertz CT molecular complexity index is 278. The van der Waals surface area contributed by atoms with Crippen molar-refractivity contribution in [2.75, 3.05) is 38.5 Å². The molecule has 0 saturated carbocycles. The van der Waals surface area contributed by atoms with Gasteiger partial charge in [0.25, 0.3) is 10.1 Å². The number of rotatable bonds is 5. The van der Waals surface area contributed by atoms with Gasteiger partial charge in [0, 0.05) is 32.2 Å². The van der Waals surface area contributed by atoms with Gasteiger partial charge in [-0.15, -0.1) is 0 Å². The summed E-state index contributed by atoms with van der Waals surface area (Å²) in [4.78, 5) is 2.04. The van der Waals surface area contributed by atoms with E-state index >= 15 is 0 Å². The van der Waals surface area contributed by atoms with E-state index in [9.17, 15) is 8.42 Å². The summed E-state index contributed by atoms with van der Waals surface area (Å²) in [6.07, 6.45) is 0.395. The molecule has 0 radical (unpaired) electrons. The van der Waals surface area contributed by atoms with E-state index < -0.39 is 10.1 Å². The minimum absolute atomic E-state index is 0.0718. The summed E-state index contributed by atoms with van der Waals surface area (Å²) in [6.45, 7) is 2.98. The van der Waals surface area contributed by atoms with E-state index in [-0.39, 0.29) is 18.4 Å². The number of piperazine rings is 1. The molecule has 1 saturated heterocycles. The van der Waals surface area contributed by atoms with E-state index in [1.165, 1.54) is 0 Å². The molecule has 0 amide bonds. The van der Waals surface area contributed by atoms with Crippen LogP contribution in [0.2, 0.25) is 0 Å². The average Bonchev–Trinajstić information content (AvgIpc) is 2.16. The van der Waals surface area contributed by atoms with Crippen LogP contribution in [0.3, 0.4) is 0 Å². The first-order valence-corrected chi connectivity index (χ1v) is 6.64. The Labute approximate surface area is 90.0 Å². The molecule has 1 rings (SSSR count). The molecule has 0 aromatic heterocycles. The topological polar surface area (TPSA) is 89.9 Å². The molecule has 15 heavy (non-hydrogen) atoms. The standard InChI is InChI=1S/C8H18N2O4S/c11-5-4-10-3-2-9-7-8(10)1-6-15(12,13)14/h8-9,11H,1-7H2,(H,12,13,14). The number of hydrogen-bond donors (Lipinski definition) is 3. The second-order valence-electron chi connectivity index (χ2n) is 3.69. The summed E-state index contributed by atoms with van der Waals surface area (Å²) in [5, 5.41) is 12.0. The first kappa shape index (κ1) is 12.9. The lowest BCUT2D eigenvalue weighted by Crippen LogP contribution is -2.52. The first-order valence-electron chi connectivity index (χ1n) is 5.04. The number of nitrogens with one attached hydrogen (secondary N) is 1. The van der Waals surface area contributed by atoms with Gasteiger partial charge in [0.05, 0.1) is 12.4 Å². The van der Waals surface area contributed by atoms with Crippen molar-refractivity contribution >= 4 is 10.1 Å². The van der Waals surface area contributed by atoms with Crippen molar-refractivity contribution in [1.29, 1.82) is 0 Å². The van der Waals surface area contributed by atoms with Gasteiger partial charge in [-0.2, -0.15) is 8.42 Å². The lowest BCUT2D eigenvalue weighted by atomic mass is 10.1. The van der Waals surface area contributed by atoms with Crippen LogP contribution in [-0.4, -0.2) is 67.6 Å². The fourth-order valence-corrected chi connectivity index (χ4v) is 2.37. The van der Waals surface area contributed by atoms with Gasteiger partial charge in [-0.3, -0.25) is 9.45 Å². The molecule has 1 fully saturated rings. The highest BCUT2D eigenvalue weighted by atomic mass is 32.2. The summed E-state index contributed by atoms with van der Waals surface area (Å²) in [6, 6.07) is 0.0767. The number of aliphatic hydroxyl groups is 1. The quantitative estimate of drug-likeness (QED) is 0.507. The zero-order chi connectivity index (χ0) is 11.3. The predicted molar refractivity (Wildman–Crippen MR) is 56.3 cm³/mol. The van der Waals surface area contributed by atoms with Crippen molar-refractivity contribution in [3.8, 4) is 0 Å². The molecular formula is C8H18N2O4S. The third kappa shape index (κ3) is 4.89. The first-order chi connectivity index (χ1) is 7.03. The minimum Gasteiger partial charge on any atom is -0.395 e. The second kappa shape index (κ2) is 5.76. The van der Waals surface area contributed by atoms with E-state index in [1.807, 2.05) is 4.90 Å². The Kier molecular flexibility index (Phi) is 4.94. The van der Waals surface area contributed by atoms with E-state index in [1.54, 1.807) is 0 Å². The van der Waals surface area contributed by atoms with Crippen molar-refractivity contribution in [3.63, 3.8) is 0 Å². The molecule has 6 nitrogen and oxygen atoms in total. The van der Waals surface area contributed by atoms with E-state index in [0.29, 0.717) is 19.5 Å². The Morgan fingerprint density at radius 2 is 2.20 bits per heavy atom. The molecule has 1 heterocycles. The molecule has 0 aromatic rings. The summed E-state index contributed by atoms with van der Waals surface area (Å²) < 4.78 is 29.9. The summed E-state index contributed by atoms with van der Waals surface area (Å²) in [7, 11) is -3.88. The Morgan fingerprint density at radius 3 is 2.80 bits per heavy atom. The highest BCUT2D eigenvalue weighted by molar-refractivity contribution is 7.85. The van der Waals surface area contributed by atoms with Gasteiger partial charge in [0.2, 0.25) is 0 Å². The summed E-state index contributed by atoms with van der Waals surface area (Å²) in [5.74, 6) is -0.221. The molecule has 3 N–H and O–H groups in total. The zero-order valence-corrected chi connectivity index (χ0v) is 9.41. The van der Waals surface area contributed by atoms with E-state index in [4.69, 9.17) is 9.66 Å². The Hall–Kier alpha value is -0.210. The van der Waals surface area contributed by atoms with Crippen molar-refractivity contribution < 1.29 is 18.1 Å². The molecular weight excluding hydrogens is 220 g/mol.